The first kappa shape index (κ1) is 20.7. The summed E-state index contributed by atoms with van der Waals surface area (Å²) in [6.07, 6.45) is 5.52. The van der Waals surface area contributed by atoms with Crippen LogP contribution in [-0.4, -0.2) is 65.0 Å². The van der Waals surface area contributed by atoms with Crippen molar-refractivity contribution in [1.82, 2.24) is 39.8 Å². The molecule has 0 spiro atoms. The van der Waals surface area contributed by atoms with Gasteiger partial charge in [0.25, 0.3) is 0 Å². The van der Waals surface area contributed by atoms with E-state index in [1.54, 1.807) is 0 Å². The monoisotopic (exact) mass is 460 g/mol. The number of hydrogen-bond donors (Lipinski definition) is 2. The Labute approximate surface area is 195 Å². The zero-order valence-corrected chi connectivity index (χ0v) is 19.0. The lowest BCUT2D eigenvalue weighted by Gasteiger charge is -2.56. The van der Waals surface area contributed by atoms with Gasteiger partial charge in [-0.05, 0) is 31.9 Å². The number of hydrogen-bond acceptors (Lipinski definition) is 8. The number of piperazine rings is 1. The Morgan fingerprint density at radius 2 is 1.94 bits per heavy atom. The SMILES string of the molecule is Cc1cc(Nc2cc(C)[nH]n2)nc(N2CC3CC(C2)N3Cc2ccc(-n3cc(F)cn3)nc2)n1. The van der Waals surface area contributed by atoms with Crippen molar-refractivity contribution in [2.24, 2.45) is 0 Å². The Kier molecular flexibility index (Phi) is 4.98. The van der Waals surface area contributed by atoms with Gasteiger partial charge in [-0.1, -0.05) is 6.07 Å². The van der Waals surface area contributed by atoms with Gasteiger partial charge in [0, 0.05) is 61.4 Å². The highest BCUT2D eigenvalue weighted by Gasteiger charge is 2.45. The molecule has 2 N–H and O–H groups in total. The fraction of sp³-hybridized carbons (Fsp3) is 0.348. The van der Waals surface area contributed by atoms with Crippen molar-refractivity contribution < 1.29 is 4.39 Å². The standard InChI is InChI=1S/C23H25FN10/c1-14-5-20(28-21-6-15(2)30-31-21)29-23(27-14)32-12-18-7-19(13-32)33(18)10-16-3-4-22(25-8-16)34-11-17(24)9-26-34/h3-6,8-9,11,18-19H,7,10,12-13H2,1-2H3,(H2,27,28,29,30,31). The predicted molar refractivity (Wildman–Crippen MR) is 125 cm³/mol. The lowest BCUT2D eigenvalue weighted by atomic mass is 9.87. The Morgan fingerprint density at radius 3 is 2.62 bits per heavy atom. The van der Waals surface area contributed by atoms with Gasteiger partial charge < -0.3 is 10.2 Å². The molecule has 0 saturated carbocycles. The molecule has 4 aromatic rings. The minimum absolute atomic E-state index is 0.374. The second kappa shape index (κ2) is 8.17. The molecule has 2 atom stereocenters. The Morgan fingerprint density at radius 1 is 1.09 bits per heavy atom. The number of nitrogens with one attached hydrogen (secondary N) is 2. The fourth-order valence-corrected chi connectivity index (χ4v) is 4.76. The van der Waals surface area contributed by atoms with E-state index >= 15 is 0 Å². The number of piperidine rings is 1. The number of halogens is 1. The van der Waals surface area contributed by atoms with Crippen molar-refractivity contribution in [3.63, 3.8) is 0 Å². The van der Waals surface area contributed by atoms with Crippen LogP contribution < -0.4 is 10.2 Å². The van der Waals surface area contributed by atoms with Gasteiger partial charge in [-0.3, -0.25) is 10.00 Å². The van der Waals surface area contributed by atoms with E-state index in [-0.39, 0.29) is 5.82 Å². The van der Waals surface area contributed by atoms with E-state index in [9.17, 15) is 4.39 Å². The second-order valence-electron chi connectivity index (χ2n) is 9.00. The van der Waals surface area contributed by atoms with Gasteiger partial charge in [-0.15, -0.1) is 0 Å². The van der Waals surface area contributed by atoms with Crippen molar-refractivity contribution in [3.05, 3.63) is 65.6 Å². The molecule has 10 nitrogen and oxygen atoms in total. The maximum atomic E-state index is 13.2. The molecule has 7 rings (SSSR count). The zero-order valence-electron chi connectivity index (χ0n) is 19.0. The third-order valence-corrected chi connectivity index (χ3v) is 6.39. The van der Waals surface area contributed by atoms with Crippen LogP contribution in [0, 0.1) is 19.7 Å². The van der Waals surface area contributed by atoms with E-state index in [1.807, 2.05) is 44.3 Å². The molecule has 7 heterocycles. The van der Waals surface area contributed by atoms with Crippen LogP contribution in [-0.2, 0) is 6.54 Å². The Bertz CT molecular complexity index is 1300. The molecule has 2 unspecified atom stereocenters. The molecule has 3 fully saturated rings. The van der Waals surface area contributed by atoms with Crippen molar-refractivity contribution in [3.8, 4) is 5.82 Å². The van der Waals surface area contributed by atoms with Crippen LogP contribution in [0.25, 0.3) is 5.82 Å². The van der Waals surface area contributed by atoms with Crippen LogP contribution in [0.15, 0.2) is 42.9 Å². The van der Waals surface area contributed by atoms with E-state index < -0.39 is 0 Å². The number of H-pyrrole nitrogens is 1. The summed E-state index contributed by atoms with van der Waals surface area (Å²) in [7, 11) is 0. The quantitative estimate of drug-likeness (QED) is 0.453. The number of pyridine rings is 1. The van der Waals surface area contributed by atoms with Crippen molar-refractivity contribution in [2.75, 3.05) is 23.3 Å². The van der Waals surface area contributed by atoms with Crippen molar-refractivity contribution in [1.29, 1.82) is 0 Å². The van der Waals surface area contributed by atoms with E-state index in [1.165, 1.54) is 23.5 Å². The molecule has 3 aliphatic rings. The summed E-state index contributed by atoms with van der Waals surface area (Å²) < 4.78 is 14.6. The minimum Gasteiger partial charge on any atom is -0.338 e. The molecule has 4 aromatic heterocycles. The summed E-state index contributed by atoms with van der Waals surface area (Å²) in [5.74, 6) is 2.47. The molecule has 0 aliphatic carbocycles. The first-order chi connectivity index (χ1) is 16.5. The van der Waals surface area contributed by atoms with Crippen LogP contribution in [0.1, 0.15) is 23.4 Å². The Hall–Kier alpha value is -3.86. The summed E-state index contributed by atoms with van der Waals surface area (Å²) in [5.41, 5.74) is 3.04. The van der Waals surface area contributed by atoms with E-state index in [4.69, 9.17) is 9.97 Å². The number of aromatic nitrogens is 7. The minimum atomic E-state index is -0.374. The highest BCUT2D eigenvalue weighted by Crippen LogP contribution is 2.35. The summed E-state index contributed by atoms with van der Waals surface area (Å²) in [6.45, 7) is 6.56. The number of rotatable bonds is 6. The topological polar surface area (TPSA) is 104 Å². The number of aromatic amines is 1. The van der Waals surface area contributed by atoms with Crippen LogP contribution >= 0.6 is 0 Å². The first-order valence-corrected chi connectivity index (χ1v) is 11.3. The van der Waals surface area contributed by atoms with Gasteiger partial charge in [0.15, 0.2) is 17.5 Å². The maximum Gasteiger partial charge on any atom is 0.227 e. The third-order valence-electron chi connectivity index (χ3n) is 6.39. The molecule has 174 valence electrons. The molecule has 11 heteroatoms. The molecule has 0 aromatic carbocycles. The average Bonchev–Trinajstić information content (AvgIpc) is 3.45. The maximum absolute atomic E-state index is 13.2. The summed E-state index contributed by atoms with van der Waals surface area (Å²) in [4.78, 5) is 18.7. The van der Waals surface area contributed by atoms with Gasteiger partial charge in [-0.2, -0.15) is 15.2 Å². The highest BCUT2D eigenvalue weighted by molar-refractivity contribution is 5.54. The fourth-order valence-electron chi connectivity index (χ4n) is 4.76. The normalized spacial score (nSPS) is 19.8. The van der Waals surface area contributed by atoms with Gasteiger partial charge in [-0.25, -0.2) is 19.0 Å². The molecule has 0 amide bonds. The number of fused-ring (bicyclic) bond motifs is 2. The summed E-state index contributed by atoms with van der Waals surface area (Å²) >= 11 is 0. The molecule has 2 bridgehead atoms. The lowest BCUT2D eigenvalue weighted by Crippen LogP contribution is -2.68. The van der Waals surface area contributed by atoms with Gasteiger partial charge in [0.1, 0.15) is 5.82 Å². The van der Waals surface area contributed by atoms with E-state index in [0.717, 1.165) is 54.2 Å². The summed E-state index contributed by atoms with van der Waals surface area (Å²) in [5, 5.41) is 14.4. The highest BCUT2D eigenvalue weighted by atomic mass is 19.1. The predicted octanol–water partition coefficient (Wildman–Crippen LogP) is 2.74. The van der Waals surface area contributed by atoms with Crippen LogP contribution in [0.3, 0.4) is 0 Å². The van der Waals surface area contributed by atoms with Crippen LogP contribution in [0.4, 0.5) is 22.0 Å². The number of nitrogens with zero attached hydrogens (tertiary/aromatic N) is 8. The summed E-state index contributed by atoms with van der Waals surface area (Å²) in [6, 6.07) is 8.69. The number of anilines is 3. The molecule has 34 heavy (non-hydrogen) atoms. The largest absolute Gasteiger partial charge is 0.338 e. The lowest BCUT2D eigenvalue weighted by molar-refractivity contribution is -0.00903. The van der Waals surface area contributed by atoms with Crippen LogP contribution in [0.5, 0.6) is 0 Å². The Balaban J connectivity index is 1.11. The van der Waals surface area contributed by atoms with E-state index in [2.05, 4.69) is 35.4 Å². The molecule has 0 radical (unpaired) electrons. The molecular weight excluding hydrogens is 435 g/mol. The van der Waals surface area contributed by atoms with Gasteiger partial charge in [0.2, 0.25) is 5.95 Å². The van der Waals surface area contributed by atoms with Crippen molar-refractivity contribution in [2.45, 2.75) is 38.9 Å². The van der Waals surface area contributed by atoms with Gasteiger partial charge >= 0.3 is 0 Å². The zero-order chi connectivity index (χ0) is 23.2. The molecular formula is C23H25FN10. The average molecular weight is 461 g/mol. The van der Waals surface area contributed by atoms with Crippen LogP contribution in [0.2, 0.25) is 0 Å². The van der Waals surface area contributed by atoms with Crippen molar-refractivity contribution >= 4 is 17.6 Å². The van der Waals surface area contributed by atoms with E-state index in [0.29, 0.717) is 17.9 Å². The third kappa shape index (κ3) is 3.98. The number of aryl methyl sites for hydroxylation is 2. The van der Waals surface area contributed by atoms with Gasteiger partial charge in [0.05, 0.1) is 12.4 Å². The molecule has 3 saturated heterocycles. The second-order valence-corrected chi connectivity index (χ2v) is 9.00. The smallest absolute Gasteiger partial charge is 0.227 e. The first-order valence-electron chi connectivity index (χ1n) is 11.3. The molecule has 3 aliphatic heterocycles.